The van der Waals surface area contributed by atoms with Crippen molar-refractivity contribution < 1.29 is 37.0 Å². The Labute approximate surface area is 198 Å². The van der Waals surface area contributed by atoms with Gasteiger partial charge in [-0.2, -0.15) is 13.2 Å². The summed E-state index contributed by atoms with van der Waals surface area (Å²) in [5.41, 5.74) is 0.267. The number of hydrogen-bond acceptors (Lipinski definition) is 7. The second-order valence-electron chi connectivity index (χ2n) is 7.45. The Balaban J connectivity index is 1.74. The van der Waals surface area contributed by atoms with Gasteiger partial charge in [0.1, 0.15) is 11.4 Å². The Hall–Kier alpha value is -4.15. The lowest BCUT2D eigenvalue weighted by molar-refractivity contribution is -0.137. The SMILES string of the molecule is CCOC(=O)c1c(C)[nH]c(C(=O)COC(=O)c2cccnc2Nc2cccc(C(F)(F)F)c2)c1C. The number of aromatic amines is 1. The first kappa shape index (κ1) is 25.5. The molecule has 0 unspecified atom stereocenters. The number of benzene rings is 1. The number of pyridine rings is 1. The summed E-state index contributed by atoms with van der Waals surface area (Å²) in [7, 11) is 0. The largest absolute Gasteiger partial charge is 0.462 e. The number of aryl methyl sites for hydroxylation is 1. The zero-order chi connectivity index (χ0) is 25.8. The van der Waals surface area contributed by atoms with E-state index in [1.807, 2.05) is 0 Å². The second kappa shape index (κ2) is 10.4. The zero-order valence-corrected chi connectivity index (χ0v) is 19.1. The number of nitrogens with one attached hydrogen (secondary N) is 2. The minimum Gasteiger partial charge on any atom is -0.462 e. The molecule has 184 valence electrons. The third-order valence-corrected chi connectivity index (χ3v) is 5.01. The minimum atomic E-state index is -4.54. The maximum Gasteiger partial charge on any atom is 0.416 e. The van der Waals surface area contributed by atoms with Gasteiger partial charge in [0, 0.05) is 17.6 Å². The highest BCUT2D eigenvalue weighted by atomic mass is 19.4. The van der Waals surface area contributed by atoms with E-state index in [9.17, 15) is 27.6 Å². The second-order valence-corrected chi connectivity index (χ2v) is 7.45. The van der Waals surface area contributed by atoms with Crippen molar-refractivity contribution in [1.29, 1.82) is 0 Å². The van der Waals surface area contributed by atoms with Gasteiger partial charge in [-0.15, -0.1) is 0 Å². The molecule has 0 amide bonds. The van der Waals surface area contributed by atoms with E-state index >= 15 is 0 Å². The number of rotatable bonds is 8. The summed E-state index contributed by atoms with van der Waals surface area (Å²) in [4.78, 5) is 44.2. The summed E-state index contributed by atoms with van der Waals surface area (Å²) < 4.78 is 49.1. The van der Waals surface area contributed by atoms with E-state index in [-0.39, 0.29) is 34.9 Å². The number of ketones is 1. The van der Waals surface area contributed by atoms with E-state index in [1.54, 1.807) is 20.8 Å². The summed E-state index contributed by atoms with van der Waals surface area (Å²) in [6.45, 7) is 4.38. The molecule has 2 heterocycles. The van der Waals surface area contributed by atoms with Crippen molar-refractivity contribution in [2.75, 3.05) is 18.5 Å². The number of aromatic nitrogens is 2. The van der Waals surface area contributed by atoms with Crippen molar-refractivity contribution in [3.63, 3.8) is 0 Å². The lowest BCUT2D eigenvalue weighted by atomic mass is 10.1. The van der Waals surface area contributed by atoms with Crippen LogP contribution in [0, 0.1) is 13.8 Å². The number of carbonyl (C=O) groups is 3. The number of anilines is 2. The van der Waals surface area contributed by atoms with E-state index in [2.05, 4.69) is 15.3 Å². The molecule has 0 aliphatic heterocycles. The number of carbonyl (C=O) groups excluding carboxylic acids is 3. The van der Waals surface area contributed by atoms with Gasteiger partial charge in [0.25, 0.3) is 0 Å². The molecule has 1 aromatic carbocycles. The van der Waals surface area contributed by atoms with Crippen molar-refractivity contribution in [2.24, 2.45) is 0 Å². The number of nitrogens with zero attached hydrogens (tertiary/aromatic N) is 1. The molecule has 2 N–H and O–H groups in total. The Morgan fingerprint density at radius 3 is 2.49 bits per heavy atom. The molecule has 0 atom stereocenters. The lowest BCUT2D eigenvalue weighted by Crippen LogP contribution is -2.17. The highest BCUT2D eigenvalue weighted by Crippen LogP contribution is 2.31. The fraction of sp³-hybridized carbons (Fsp3) is 0.250. The molecule has 0 fully saturated rings. The third kappa shape index (κ3) is 5.86. The van der Waals surface area contributed by atoms with Gasteiger partial charge >= 0.3 is 18.1 Å². The first-order valence-corrected chi connectivity index (χ1v) is 10.5. The molecule has 35 heavy (non-hydrogen) atoms. The fourth-order valence-electron chi connectivity index (χ4n) is 3.40. The smallest absolute Gasteiger partial charge is 0.416 e. The normalized spacial score (nSPS) is 11.1. The quantitative estimate of drug-likeness (QED) is 0.338. The van der Waals surface area contributed by atoms with E-state index in [0.29, 0.717) is 11.3 Å². The predicted molar refractivity (Wildman–Crippen MR) is 120 cm³/mol. The van der Waals surface area contributed by atoms with Gasteiger partial charge in [0.05, 0.1) is 23.4 Å². The van der Waals surface area contributed by atoms with Gasteiger partial charge in [0.15, 0.2) is 6.61 Å². The summed E-state index contributed by atoms with van der Waals surface area (Å²) in [6, 6.07) is 7.21. The van der Waals surface area contributed by atoms with Crippen LogP contribution >= 0.6 is 0 Å². The Kier molecular flexibility index (Phi) is 7.58. The number of esters is 2. The van der Waals surface area contributed by atoms with Crippen LogP contribution in [0.25, 0.3) is 0 Å². The van der Waals surface area contributed by atoms with E-state index in [0.717, 1.165) is 12.1 Å². The van der Waals surface area contributed by atoms with Gasteiger partial charge in [-0.05, 0) is 56.7 Å². The molecule has 0 spiro atoms. The van der Waals surface area contributed by atoms with Crippen LogP contribution in [0.2, 0.25) is 0 Å². The van der Waals surface area contributed by atoms with E-state index < -0.39 is 36.1 Å². The van der Waals surface area contributed by atoms with Crippen molar-refractivity contribution in [3.05, 3.63) is 76.2 Å². The molecule has 0 bridgehead atoms. The highest BCUT2D eigenvalue weighted by molar-refractivity contribution is 6.03. The highest BCUT2D eigenvalue weighted by Gasteiger charge is 2.30. The van der Waals surface area contributed by atoms with Crippen molar-refractivity contribution in [3.8, 4) is 0 Å². The molecule has 3 aromatic rings. The number of ether oxygens (including phenoxy) is 2. The molecule has 3 rings (SSSR count). The molecular weight excluding hydrogens is 467 g/mol. The number of alkyl halides is 3. The molecule has 0 saturated carbocycles. The summed E-state index contributed by atoms with van der Waals surface area (Å²) >= 11 is 0. The average Bonchev–Trinajstić information content (AvgIpc) is 3.11. The van der Waals surface area contributed by atoms with Gasteiger partial charge in [-0.25, -0.2) is 14.6 Å². The van der Waals surface area contributed by atoms with Crippen LogP contribution in [-0.4, -0.2) is 40.9 Å². The van der Waals surface area contributed by atoms with Crippen LogP contribution in [0.1, 0.15) is 54.9 Å². The van der Waals surface area contributed by atoms with E-state index in [1.165, 1.54) is 30.5 Å². The fourth-order valence-corrected chi connectivity index (χ4v) is 3.40. The molecule has 11 heteroatoms. The standard InChI is InChI=1S/C24H22F3N3O5/c1-4-34-23(33)19-13(2)20(29-14(19)3)18(31)12-35-22(32)17-9-6-10-28-21(17)30-16-8-5-7-15(11-16)24(25,26)27/h5-11,29H,4,12H2,1-3H3,(H,28,30). The monoisotopic (exact) mass is 489 g/mol. The van der Waals surface area contributed by atoms with Crippen LogP contribution < -0.4 is 5.32 Å². The minimum absolute atomic E-state index is 0.0410. The number of halogens is 3. The van der Waals surface area contributed by atoms with Crippen LogP contribution in [0.4, 0.5) is 24.7 Å². The molecule has 8 nitrogen and oxygen atoms in total. The molecular formula is C24H22F3N3O5. The Bertz CT molecular complexity index is 1270. The van der Waals surface area contributed by atoms with Crippen LogP contribution in [-0.2, 0) is 15.7 Å². The van der Waals surface area contributed by atoms with Crippen molar-refractivity contribution in [2.45, 2.75) is 26.9 Å². The van der Waals surface area contributed by atoms with Gasteiger partial charge in [0.2, 0.25) is 5.78 Å². The van der Waals surface area contributed by atoms with Crippen molar-refractivity contribution in [1.82, 2.24) is 9.97 Å². The van der Waals surface area contributed by atoms with E-state index in [4.69, 9.17) is 9.47 Å². The first-order chi connectivity index (χ1) is 16.5. The predicted octanol–water partition coefficient (Wildman–Crippen LogP) is 5.01. The Morgan fingerprint density at radius 1 is 1.06 bits per heavy atom. The molecule has 0 radical (unpaired) electrons. The van der Waals surface area contributed by atoms with Gasteiger partial charge < -0.3 is 19.8 Å². The van der Waals surface area contributed by atoms with Crippen LogP contribution in [0.15, 0.2) is 42.6 Å². The number of Topliss-reactive ketones (excluding diaryl/α,β-unsaturated/α-hetero) is 1. The maximum atomic E-state index is 13.0. The van der Waals surface area contributed by atoms with Crippen LogP contribution in [0.5, 0.6) is 0 Å². The molecule has 2 aromatic heterocycles. The summed E-state index contributed by atoms with van der Waals surface area (Å²) in [6.07, 6.45) is -3.19. The lowest BCUT2D eigenvalue weighted by Gasteiger charge is -2.12. The number of H-pyrrole nitrogens is 1. The third-order valence-electron chi connectivity index (χ3n) is 5.01. The maximum absolute atomic E-state index is 13.0. The molecule has 0 aliphatic rings. The first-order valence-electron chi connectivity index (χ1n) is 10.5. The van der Waals surface area contributed by atoms with Gasteiger partial charge in [-0.3, -0.25) is 4.79 Å². The van der Waals surface area contributed by atoms with Gasteiger partial charge in [-0.1, -0.05) is 6.07 Å². The topological polar surface area (TPSA) is 110 Å². The number of hydrogen-bond donors (Lipinski definition) is 2. The van der Waals surface area contributed by atoms with Crippen molar-refractivity contribution >= 4 is 29.2 Å². The molecule has 0 aliphatic carbocycles. The molecule has 0 saturated heterocycles. The summed E-state index contributed by atoms with van der Waals surface area (Å²) in [5.74, 6) is -2.10. The Morgan fingerprint density at radius 2 is 1.80 bits per heavy atom. The average molecular weight is 489 g/mol. The summed E-state index contributed by atoms with van der Waals surface area (Å²) in [5, 5.41) is 2.68. The van der Waals surface area contributed by atoms with Crippen LogP contribution in [0.3, 0.4) is 0 Å². The zero-order valence-electron chi connectivity index (χ0n) is 19.1.